The van der Waals surface area contributed by atoms with E-state index in [1.54, 1.807) is 6.33 Å². The Balaban J connectivity index is 1.50. The van der Waals surface area contributed by atoms with Crippen LogP contribution in [0.25, 0.3) is 0 Å². The van der Waals surface area contributed by atoms with Crippen LogP contribution < -0.4 is 0 Å². The van der Waals surface area contributed by atoms with Crippen molar-refractivity contribution in [1.29, 1.82) is 0 Å². The van der Waals surface area contributed by atoms with E-state index < -0.39 is 0 Å². The van der Waals surface area contributed by atoms with Crippen LogP contribution in [0.4, 0.5) is 0 Å². The van der Waals surface area contributed by atoms with Crippen LogP contribution >= 0.6 is 11.3 Å². The van der Waals surface area contributed by atoms with Gasteiger partial charge in [-0.3, -0.25) is 4.90 Å². The number of hydrogen-bond donors (Lipinski definition) is 0. The summed E-state index contributed by atoms with van der Waals surface area (Å²) in [7, 11) is 0. The highest BCUT2D eigenvalue weighted by atomic mass is 32.1. The number of rotatable bonds is 3. The summed E-state index contributed by atoms with van der Waals surface area (Å²) in [4.78, 5) is 14.6. The number of aromatic nitrogens is 2. The van der Waals surface area contributed by atoms with Crippen LogP contribution in [0.3, 0.4) is 0 Å². The summed E-state index contributed by atoms with van der Waals surface area (Å²) in [5.41, 5.74) is 3.90. The molecule has 0 aromatic carbocycles. The maximum atomic E-state index is 5.57. The molecule has 4 nitrogen and oxygen atoms in total. The molecular formula is C18H23N3OS. The molecule has 1 atom stereocenters. The molecule has 4 rings (SSSR count). The fraction of sp³-hybridized carbons (Fsp3) is 0.556. The van der Waals surface area contributed by atoms with E-state index in [2.05, 4.69) is 33.9 Å². The van der Waals surface area contributed by atoms with E-state index in [9.17, 15) is 0 Å². The van der Waals surface area contributed by atoms with Gasteiger partial charge < -0.3 is 4.74 Å². The van der Waals surface area contributed by atoms with E-state index in [4.69, 9.17) is 4.74 Å². The van der Waals surface area contributed by atoms with E-state index in [1.807, 2.05) is 11.3 Å². The van der Waals surface area contributed by atoms with Crippen LogP contribution in [-0.2, 0) is 24.1 Å². The first-order valence-electron chi connectivity index (χ1n) is 8.47. The molecule has 0 radical (unpaired) electrons. The molecule has 1 saturated heterocycles. The van der Waals surface area contributed by atoms with Gasteiger partial charge in [0.1, 0.15) is 6.33 Å². The molecule has 0 aliphatic carbocycles. The molecule has 0 saturated carbocycles. The molecule has 122 valence electrons. The highest BCUT2D eigenvalue weighted by molar-refractivity contribution is 7.11. The summed E-state index contributed by atoms with van der Waals surface area (Å²) in [5, 5.41) is 0. The third kappa shape index (κ3) is 3.32. The minimum atomic E-state index is 0.471. The second-order valence-corrected chi connectivity index (χ2v) is 7.91. The van der Waals surface area contributed by atoms with Crippen molar-refractivity contribution in [1.82, 2.24) is 14.9 Å². The Bertz CT molecular complexity index is 679. The van der Waals surface area contributed by atoms with E-state index in [1.165, 1.54) is 26.7 Å². The largest absolute Gasteiger partial charge is 0.381 e. The van der Waals surface area contributed by atoms with Gasteiger partial charge in [-0.2, -0.15) is 0 Å². The van der Waals surface area contributed by atoms with Gasteiger partial charge in [0.2, 0.25) is 0 Å². The zero-order valence-corrected chi connectivity index (χ0v) is 14.4. The summed E-state index contributed by atoms with van der Waals surface area (Å²) in [5.74, 6) is 0.471. The number of fused-ring (bicyclic) bond motifs is 1. The van der Waals surface area contributed by atoms with Crippen LogP contribution in [0.2, 0.25) is 0 Å². The minimum absolute atomic E-state index is 0.471. The lowest BCUT2D eigenvalue weighted by molar-refractivity contribution is 0.193. The zero-order valence-electron chi connectivity index (χ0n) is 13.6. The molecule has 0 bridgehead atoms. The summed E-state index contributed by atoms with van der Waals surface area (Å²) in [6.07, 6.45) is 4.95. The predicted molar refractivity (Wildman–Crippen MR) is 92.0 cm³/mol. The maximum Gasteiger partial charge on any atom is 0.115 e. The fourth-order valence-corrected chi connectivity index (χ4v) is 4.58. The quantitative estimate of drug-likeness (QED) is 0.868. The van der Waals surface area contributed by atoms with Crippen LogP contribution in [0, 0.1) is 6.92 Å². The monoisotopic (exact) mass is 329 g/mol. The van der Waals surface area contributed by atoms with Gasteiger partial charge in [0.15, 0.2) is 0 Å². The first kappa shape index (κ1) is 15.2. The van der Waals surface area contributed by atoms with Gasteiger partial charge >= 0.3 is 0 Å². The van der Waals surface area contributed by atoms with Crippen molar-refractivity contribution >= 4 is 11.3 Å². The van der Waals surface area contributed by atoms with Crippen molar-refractivity contribution in [3.63, 3.8) is 0 Å². The minimum Gasteiger partial charge on any atom is -0.381 e. The summed E-state index contributed by atoms with van der Waals surface area (Å²) < 4.78 is 5.57. The Hall–Kier alpha value is -1.30. The number of nitrogens with zero attached hydrogens (tertiary/aromatic N) is 3. The first-order valence-corrected chi connectivity index (χ1v) is 9.29. The highest BCUT2D eigenvalue weighted by Crippen LogP contribution is 2.29. The van der Waals surface area contributed by atoms with Gasteiger partial charge in [0.05, 0.1) is 12.3 Å². The Morgan fingerprint density at radius 2 is 2.17 bits per heavy atom. The summed E-state index contributed by atoms with van der Waals surface area (Å²) >= 11 is 1.91. The van der Waals surface area contributed by atoms with Crippen molar-refractivity contribution in [3.05, 3.63) is 45.2 Å². The number of aryl methyl sites for hydroxylation is 1. The van der Waals surface area contributed by atoms with Gasteiger partial charge in [-0.1, -0.05) is 0 Å². The fourth-order valence-electron chi connectivity index (χ4n) is 3.65. The van der Waals surface area contributed by atoms with E-state index in [-0.39, 0.29) is 0 Å². The van der Waals surface area contributed by atoms with Crippen LogP contribution in [0.1, 0.15) is 39.0 Å². The van der Waals surface area contributed by atoms with Crippen LogP contribution in [0.5, 0.6) is 0 Å². The lowest BCUT2D eigenvalue weighted by atomic mass is 9.96. The lowest BCUT2D eigenvalue weighted by Crippen LogP contribution is -2.25. The predicted octanol–water partition coefficient (Wildman–Crippen LogP) is 2.95. The smallest absolute Gasteiger partial charge is 0.115 e. The Morgan fingerprint density at radius 3 is 2.96 bits per heavy atom. The van der Waals surface area contributed by atoms with Crippen LogP contribution in [0.15, 0.2) is 18.5 Å². The number of hydrogen-bond acceptors (Lipinski definition) is 5. The molecule has 2 aromatic rings. The molecule has 1 fully saturated rings. The normalized spacial score (nSPS) is 22.0. The molecule has 0 amide bonds. The third-order valence-corrected chi connectivity index (χ3v) is 5.89. The van der Waals surface area contributed by atoms with Gasteiger partial charge in [-0.25, -0.2) is 9.97 Å². The Kier molecular flexibility index (Phi) is 4.42. The van der Waals surface area contributed by atoms with E-state index in [0.29, 0.717) is 5.92 Å². The van der Waals surface area contributed by atoms with Gasteiger partial charge in [-0.05, 0) is 37.5 Å². The maximum absolute atomic E-state index is 5.57. The Labute approximate surface area is 141 Å². The molecule has 5 heteroatoms. The molecule has 23 heavy (non-hydrogen) atoms. The van der Waals surface area contributed by atoms with Crippen molar-refractivity contribution in [3.8, 4) is 0 Å². The standard InChI is InChI=1S/C18H23N3OS/c1-13-2-3-15(23-13)10-21-7-4-16-17(5-8-21)19-12-20-18(16)14-6-9-22-11-14/h2-3,12,14H,4-11H2,1H3/t14-/m0/s1. The average Bonchev–Trinajstić information content (AvgIpc) is 3.17. The molecular weight excluding hydrogens is 306 g/mol. The molecule has 2 aliphatic rings. The molecule has 2 aliphatic heterocycles. The lowest BCUT2D eigenvalue weighted by Gasteiger charge is -2.18. The SMILES string of the molecule is Cc1ccc(CN2CCc3ncnc([C@H]4CCOC4)c3CC2)s1. The first-order chi connectivity index (χ1) is 11.3. The summed E-state index contributed by atoms with van der Waals surface area (Å²) in [6.45, 7) is 7.11. The van der Waals surface area contributed by atoms with Gasteiger partial charge in [-0.15, -0.1) is 11.3 Å². The van der Waals surface area contributed by atoms with Crippen molar-refractivity contribution in [2.45, 2.75) is 38.6 Å². The van der Waals surface area contributed by atoms with Crippen molar-refractivity contribution < 1.29 is 4.74 Å². The zero-order chi connectivity index (χ0) is 15.6. The molecule has 0 spiro atoms. The molecule has 0 N–H and O–H groups in total. The molecule has 2 aromatic heterocycles. The van der Waals surface area contributed by atoms with Gasteiger partial charge in [0.25, 0.3) is 0 Å². The van der Waals surface area contributed by atoms with Crippen molar-refractivity contribution in [2.24, 2.45) is 0 Å². The topological polar surface area (TPSA) is 38.2 Å². The average molecular weight is 329 g/mol. The molecule has 0 unspecified atom stereocenters. The Morgan fingerprint density at radius 1 is 1.26 bits per heavy atom. The number of thiophene rings is 1. The van der Waals surface area contributed by atoms with Crippen molar-refractivity contribution in [2.75, 3.05) is 26.3 Å². The van der Waals surface area contributed by atoms with E-state index in [0.717, 1.165) is 52.1 Å². The van der Waals surface area contributed by atoms with Gasteiger partial charge in [0, 0.05) is 54.0 Å². The van der Waals surface area contributed by atoms with Crippen LogP contribution in [-0.4, -0.2) is 41.2 Å². The highest BCUT2D eigenvalue weighted by Gasteiger charge is 2.26. The van der Waals surface area contributed by atoms with E-state index >= 15 is 0 Å². The molecule has 4 heterocycles. The number of ether oxygens (including phenoxy) is 1. The second-order valence-electron chi connectivity index (χ2n) is 6.53. The summed E-state index contributed by atoms with van der Waals surface area (Å²) in [6, 6.07) is 4.48. The second kappa shape index (κ2) is 6.67. The third-order valence-electron chi connectivity index (χ3n) is 4.90.